The van der Waals surface area contributed by atoms with E-state index in [1.807, 2.05) is 0 Å². The van der Waals surface area contributed by atoms with Crippen LogP contribution in [0.4, 0.5) is 5.69 Å². The molecule has 0 atom stereocenters. The van der Waals surface area contributed by atoms with Crippen molar-refractivity contribution in [2.24, 2.45) is 0 Å². The van der Waals surface area contributed by atoms with Gasteiger partial charge in [-0.15, -0.1) is 0 Å². The molecule has 0 bridgehead atoms. The molecule has 0 saturated carbocycles. The lowest BCUT2D eigenvalue weighted by molar-refractivity contribution is -0.132. The normalized spacial score (nSPS) is 10.4. The van der Waals surface area contributed by atoms with E-state index in [0.717, 1.165) is 0 Å². The first-order valence-corrected chi connectivity index (χ1v) is 9.11. The molecule has 0 aliphatic rings. The molecule has 9 heteroatoms. The van der Waals surface area contributed by atoms with Crippen molar-refractivity contribution >= 4 is 40.9 Å². The van der Waals surface area contributed by atoms with Crippen LogP contribution in [0.5, 0.6) is 0 Å². The van der Waals surface area contributed by atoms with E-state index in [4.69, 9.17) is 16.3 Å². The van der Waals surface area contributed by atoms with E-state index >= 15 is 0 Å². The Morgan fingerprint density at radius 1 is 1.24 bits per heavy atom. The second-order valence-corrected chi connectivity index (χ2v) is 6.95. The summed E-state index contributed by atoms with van der Waals surface area (Å²) in [4.78, 5) is 52.7. The summed E-state index contributed by atoms with van der Waals surface area (Å²) in [6.07, 6.45) is -0.195. The number of rotatable bonds is 7. The molecule has 0 aliphatic heterocycles. The van der Waals surface area contributed by atoms with Crippen LogP contribution in [-0.2, 0) is 20.7 Å². The van der Waals surface area contributed by atoms with Gasteiger partial charge in [-0.25, -0.2) is 4.79 Å². The Balaban J connectivity index is 2.11. The van der Waals surface area contributed by atoms with Crippen molar-refractivity contribution in [3.8, 4) is 0 Å². The molecule has 0 unspecified atom stereocenters. The predicted molar refractivity (Wildman–Crippen MR) is 108 cm³/mol. The van der Waals surface area contributed by atoms with E-state index in [0.29, 0.717) is 16.3 Å². The number of Topliss-reactive ketones (excluding diaryl/α,β-unsaturated/α-hetero) is 1. The molecule has 2 N–H and O–H groups in total. The minimum Gasteiger partial charge on any atom is -0.465 e. The van der Waals surface area contributed by atoms with Crippen molar-refractivity contribution in [3.05, 3.63) is 51.8 Å². The smallest absolute Gasteiger partial charge is 0.339 e. The summed E-state index contributed by atoms with van der Waals surface area (Å²) in [7, 11) is 2.69. The molecular weight excluding hydrogens is 398 g/mol. The molecular formula is C20H22ClN3O5. The van der Waals surface area contributed by atoms with Crippen LogP contribution in [0, 0.1) is 6.92 Å². The number of anilines is 1. The van der Waals surface area contributed by atoms with Gasteiger partial charge in [0.15, 0.2) is 5.78 Å². The number of ether oxygens (including phenoxy) is 1. The summed E-state index contributed by atoms with van der Waals surface area (Å²) in [5.41, 5.74) is 1.61. The number of nitrogens with zero attached hydrogens (tertiary/aromatic N) is 1. The van der Waals surface area contributed by atoms with Crippen LogP contribution in [-0.4, -0.2) is 54.2 Å². The number of aromatic amines is 1. The first kappa shape index (κ1) is 22.2. The number of hydrogen-bond acceptors (Lipinski definition) is 5. The van der Waals surface area contributed by atoms with Crippen LogP contribution in [0.25, 0.3) is 0 Å². The van der Waals surface area contributed by atoms with Gasteiger partial charge in [0.1, 0.15) is 0 Å². The van der Waals surface area contributed by atoms with Crippen LogP contribution in [0.1, 0.15) is 39.0 Å². The maximum absolute atomic E-state index is 12.6. The number of benzene rings is 1. The number of carbonyl (C=O) groups excluding carboxylic acids is 4. The molecule has 0 radical (unpaired) electrons. The standard InChI is InChI=1S/C20H22ClN3O5/c1-11-18(20(28)29-4)15(23-19(11)12(2)25)9-17(27)24(3)10-16(26)22-14-7-5-6-13(21)8-14/h5-8,23H,9-10H2,1-4H3,(H,22,26). The van der Waals surface area contributed by atoms with Crippen LogP contribution in [0.15, 0.2) is 24.3 Å². The highest BCUT2D eigenvalue weighted by molar-refractivity contribution is 6.30. The molecule has 1 aromatic carbocycles. The van der Waals surface area contributed by atoms with Crippen LogP contribution >= 0.6 is 11.6 Å². The Labute approximate surface area is 173 Å². The van der Waals surface area contributed by atoms with Crippen molar-refractivity contribution < 1.29 is 23.9 Å². The number of nitrogens with one attached hydrogen (secondary N) is 2. The molecule has 0 spiro atoms. The molecule has 29 heavy (non-hydrogen) atoms. The lowest BCUT2D eigenvalue weighted by Gasteiger charge is -2.17. The Morgan fingerprint density at radius 2 is 1.93 bits per heavy atom. The fraction of sp³-hybridized carbons (Fsp3) is 0.300. The van der Waals surface area contributed by atoms with Gasteiger partial charge in [-0.1, -0.05) is 17.7 Å². The van der Waals surface area contributed by atoms with Crippen LogP contribution in [0.2, 0.25) is 5.02 Å². The third kappa shape index (κ3) is 5.45. The van der Waals surface area contributed by atoms with E-state index < -0.39 is 17.8 Å². The number of carbonyl (C=O) groups is 4. The average Bonchev–Trinajstić information content (AvgIpc) is 2.97. The van der Waals surface area contributed by atoms with Gasteiger partial charge in [0, 0.05) is 30.4 Å². The minimum absolute atomic E-state index is 0.155. The van der Waals surface area contributed by atoms with E-state index in [9.17, 15) is 19.2 Å². The zero-order valence-electron chi connectivity index (χ0n) is 16.6. The lowest BCUT2D eigenvalue weighted by Crippen LogP contribution is -2.36. The summed E-state index contributed by atoms with van der Waals surface area (Å²) < 4.78 is 4.76. The Morgan fingerprint density at radius 3 is 2.52 bits per heavy atom. The number of halogens is 1. The molecule has 2 aromatic rings. The molecule has 0 saturated heterocycles. The van der Waals surface area contributed by atoms with Gasteiger partial charge in [-0.3, -0.25) is 14.4 Å². The number of likely N-dealkylation sites (N-methyl/N-ethyl adjacent to an activating group) is 1. The minimum atomic E-state index is -0.643. The maximum Gasteiger partial charge on any atom is 0.339 e. The summed E-state index contributed by atoms with van der Waals surface area (Å²) in [5, 5.41) is 3.13. The van der Waals surface area contributed by atoms with Crippen LogP contribution in [0.3, 0.4) is 0 Å². The highest BCUT2D eigenvalue weighted by atomic mass is 35.5. The number of hydrogen-bond donors (Lipinski definition) is 2. The van der Waals surface area contributed by atoms with E-state index in [2.05, 4.69) is 10.3 Å². The van der Waals surface area contributed by atoms with Gasteiger partial charge in [0.25, 0.3) is 0 Å². The Hall–Kier alpha value is -3.13. The molecule has 0 aliphatic carbocycles. The lowest BCUT2D eigenvalue weighted by atomic mass is 10.1. The molecule has 0 fully saturated rings. The van der Waals surface area contributed by atoms with Crippen molar-refractivity contribution in [1.29, 1.82) is 0 Å². The fourth-order valence-electron chi connectivity index (χ4n) is 2.88. The van der Waals surface area contributed by atoms with E-state index in [1.54, 1.807) is 31.2 Å². The van der Waals surface area contributed by atoms with Gasteiger partial charge in [-0.2, -0.15) is 0 Å². The topological polar surface area (TPSA) is 109 Å². The Kier molecular flexibility index (Phi) is 7.17. The van der Waals surface area contributed by atoms with Crippen molar-refractivity contribution in [2.75, 3.05) is 26.0 Å². The average molecular weight is 420 g/mol. The van der Waals surface area contributed by atoms with E-state index in [1.165, 1.54) is 26.0 Å². The number of ketones is 1. The highest BCUT2D eigenvalue weighted by Crippen LogP contribution is 2.21. The van der Waals surface area contributed by atoms with Crippen molar-refractivity contribution in [3.63, 3.8) is 0 Å². The third-order valence-electron chi connectivity index (χ3n) is 4.31. The fourth-order valence-corrected chi connectivity index (χ4v) is 3.07. The van der Waals surface area contributed by atoms with E-state index in [-0.39, 0.29) is 35.7 Å². The first-order chi connectivity index (χ1) is 13.6. The van der Waals surface area contributed by atoms with Crippen molar-refractivity contribution in [2.45, 2.75) is 20.3 Å². The first-order valence-electron chi connectivity index (χ1n) is 8.74. The molecule has 1 heterocycles. The largest absolute Gasteiger partial charge is 0.465 e. The molecule has 2 amide bonds. The molecule has 2 rings (SSSR count). The maximum atomic E-state index is 12.6. The number of methoxy groups -OCH3 is 1. The summed E-state index contributed by atoms with van der Waals surface area (Å²) in [6, 6.07) is 6.65. The quantitative estimate of drug-likeness (QED) is 0.529. The highest BCUT2D eigenvalue weighted by Gasteiger charge is 2.25. The van der Waals surface area contributed by atoms with Gasteiger partial charge >= 0.3 is 5.97 Å². The summed E-state index contributed by atoms with van der Waals surface area (Å²) in [6.45, 7) is 2.77. The van der Waals surface area contributed by atoms with Gasteiger partial charge in [0.05, 0.1) is 31.3 Å². The number of H-pyrrole nitrogens is 1. The summed E-state index contributed by atoms with van der Waals surface area (Å²) >= 11 is 5.88. The molecule has 1 aromatic heterocycles. The SMILES string of the molecule is COC(=O)c1c(CC(=O)N(C)CC(=O)Nc2cccc(Cl)c2)[nH]c(C(C)=O)c1C. The molecule has 8 nitrogen and oxygen atoms in total. The van der Waals surface area contributed by atoms with Crippen molar-refractivity contribution in [1.82, 2.24) is 9.88 Å². The monoisotopic (exact) mass is 419 g/mol. The second kappa shape index (κ2) is 9.38. The number of aromatic nitrogens is 1. The van der Waals surface area contributed by atoms with Gasteiger partial charge < -0.3 is 19.9 Å². The second-order valence-electron chi connectivity index (χ2n) is 6.51. The number of esters is 1. The third-order valence-corrected chi connectivity index (χ3v) is 4.55. The van der Waals surface area contributed by atoms with Gasteiger partial charge in [0.2, 0.25) is 11.8 Å². The summed E-state index contributed by atoms with van der Waals surface area (Å²) in [5.74, 6) is -1.72. The Bertz CT molecular complexity index is 967. The van der Waals surface area contributed by atoms with Crippen LogP contribution < -0.4 is 5.32 Å². The predicted octanol–water partition coefficient (Wildman–Crippen LogP) is 2.61. The van der Waals surface area contributed by atoms with Gasteiger partial charge in [-0.05, 0) is 30.7 Å². The zero-order valence-corrected chi connectivity index (χ0v) is 17.3. The number of amides is 2. The zero-order chi connectivity index (χ0) is 21.7. The molecule has 154 valence electrons.